The van der Waals surface area contributed by atoms with Gasteiger partial charge in [-0.25, -0.2) is 4.98 Å². The van der Waals surface area contributed by atoms with Crippen LogP contribution in [0.15, 0.2) is 30.9 Å². The molecule has 4 heteroatoms. The smallest absolute Gasteiger partial charge is 0.127 e. The van der Waals surface area contributed by atoms with Crippen LogP contribution in [0.4, 0.5) is 0 Å². The molecule has 0 fully saturated rings. The van der Waals surface area contributed by atoms with Gasteiger partial charge < -0.3 is 15.7 Å². The summed E-state index contributed by atoms with van der Waals surface area (Å²) >= 11 is 0. The van der Waals surface area contributed by atoms with E-state index < -0.39 is 0 Å². The summed E-state index contributed by atoms with van der Waals surface area (Å²) in [6.45, 7) is 0. The summed E-state index contributed by atoms with van der Waals surface area (Å²) in [6, 6.07) is 1.78. The molecule has 2 rings (SSSR count). The van der Waals surface area contributed by atoms with Crippen molar-refractivity contribution in [3.8, 4) is 0 Å². The second-order valence-corrected chi connectivity index (χ2v) is 2.60. The monoisotopic (exact) mass is 162 g/mol. The van der Waals surface area contributed by atoms with Crippen molar-refractivity contribution in [2.75, 3.05) is 0 Å². The molecular weight excluding hydrogens is 152 g/mol. The number of imidazole rings is 1. The van der Waals surface area contributed by atoms with Crippen molar-refractivity contribution in [1.82, 2.24) is 15.0 Å². The second-order valence-electron chi connectivity index (χ2n) is 2.60. The molecule has 0 saturated heterocycles. The number of hydrogen-bond acceptors (Lipinski definition) is 2. The zero-order valence-corrected chi connectivity index (χ0v) is 6.49. The molecule has 12 heavy (non-hydrogen) atoms. The van der Waals surface area contributed by atoms with Crippen molar-refractivity contribution in [3.05, 3.63) is 42.2 Å². The zero-order chi connectivity index (χ0) is 8.39. The lowest BCUT2D eigenvalue weighted by Crippen LogP contribution is -2.12. The highest BCUT2D eigenvalue weighted by Gasteiger charge is 2.10. The molecular formula is C8H10N4. The SMILES string of the molecule is NC(c1cc[nH]c1)c1ncc[nH]1. The summed E-state index contributed by atoms with van der Waals surface area (Å²) in [6.07, 6.45) is 7.18. The molecule has 0 aliphatic heterocycles. The maximum Gasteiger partial charge on any atom is 0.127 e. The molecule has 1 atom stereocenters. The van der Waals surface area contributed by atoms with Gasteiger partial charge in [0, 0.05) is 24.8 Å². The van der Waals surface area contributed by atoms with E-state index in [1.54, 1.807) is 12.4 Å². The molecule has 0 saturated carbocycles. The Morgan fingerprint density at radius 3 is 2.92 bits per heavy atom. The summed E-state index contributed by atoms with van der Waals surface area (Å²) in [5.41, 5.74) is 6.92. The van der Waals surface area contributed by atoms with Crippen LogP contribution in [-0.2, 0) is 0 Å². The number of aromatic amines is 2. The molecule has 0 aliphatic rings. The number of hydrogen-bond donors (Lipinski definition) is 3. The van der Waals surface area contributed by atoms with E-state index in [1.807, 2.05) is 18.5 Å². The zero-order valence-electron chi connectivity index (χ0n) is 6.49. The van der Waals surface area contributed by atoms with Crippen molar-refractivity contribution in [2.24, 2.45) is 5.73 Å². The fourth-order valence-corrected chi connectivity index (χ4v) is 1.14. The van der Waals surface area contributed by atoms with Gasteiger partial charge in [0.1, 0.15) is 5.82 Å². The fraction of sp³-hybridized carbons (Fsp3) is 0.125. The Bertz CT molecular complexity index is 288. The van der Waals surface area contributed by atoms with Crippen LogP contribution in [0.2, 0.25) is 0 Å². The third-order valence-electron chi connectivity index (χ3n) is 1.80. The van der Waals surface area contributed by atoms with Crippen LogP contribution in [0.25, 0.3) is 0 Å². The number of nitrogens with zero attached hydrogens (tertiary/aromatic N) is 1. The average Bonchev–Trinajstić information content (AvgIpc) is 2.77. The van der Waals surface area contributed by atoms with Gasteiger partial charge in [-0.05, 0) is 11.6 Å². The first-order valence-corrected chi connectivity index (χ1v) is 3.75. The van der Waals surface area contributed by atoms with Crippen molar-refractivity contribution in [2.45, 2.75) is 6.04 Å². The van der Waals surface area contributed by atoms with Crippen LogP contribution >= 0.6 is 0 Å². The second kappa shape index (κ2) is 2.83. The van der Waals surface area contributed by atoms with Gasteiger partial charge in [-0.1, -0.05) is 0 Å². The largest absolute Gasteiger partial charge is 0.367 e. The normalized spacial score (nSPS) is 13.1. The number of H-pyrrole nitrogens is 2. The van der Waals surface area contributed by atoms with Crippen molar-refractivity contribution >= 4 is 0 Å². The van der Waals surface area contributed by atoms with E-state index in [4.69, 9.17) is 5.73 Å². The summed E-state index contributed by atoms with van der Waals surface area (Å²) < 4.78 is 0. The Labute approximate surface area is 69.8 Å². The lowest BCUT2D eigenvalue weighted by Gasteiger charge is -2.04. The third-order valence-corrected chi connectivity index (χ3v) is 1.80. The van der Waals surface area contributed by atoms with Gasteiger partial charge in [-0.15, -0.1) is 0 Å². The summed E-state index contributed by atoms with van der Waals surface area (Å²) in [4.78, 5) is 10.0. The quantitative estimate of drug-likeness (QED) is 0.610. The summed E-state index contributed by atoms with van der Waals surface area (Å²) in [5.74, 6) is 0.787. The topological polar surface area (TPSA) is 70.5 Å². The standard InChI is InChI=1S/C8H10N4/c9-7(6-1-2-10-5-6)8-11-3-4-12-8/h1-5,7,10H,9H2,(H,11,12). The Kier molecular flexibility index (Phi) is 1.68. The maximum absolute atomic E-state index is 5.89. The van der Waals surface area contributed by atoms with Crippen molar-refractivity contribution in [1.29, 1.82) is 0 Å². The van der Waals surface area contributed by atoms with E-state index in [0.717, 1.165) is 11.4 Å². The predicted molar refractivity (Wildman–Crippen MR) is 45.4 cm³/mol. The van der Waals surface area contributed by atoms with Gasteiger partial charge in [0.25, 0.3) is 0 Å². The molecule has 4 nitrogen and oxygen atoms in total. The Morgan fingerprint density at radius 1 is 1.42 bits per heavy atom. The third kappa shape index (κ3) is 1.12. The van der Waals surface area contributed by atoms with Crippen LogP contribution in [0.5, 0.6) is 0 Å². The minimum Gasteiger partial charge on any atom is -0.367 e. The molecule has 0 aliphatic carbocycles. The molecule has 2 aromatic heterocycles. The molecule has 0 aromatic carbocycles. The van der Waals surface area contributed by atoms with Gasteiger partial charge in [-0.2, -0.15) is 0 Å². The molecule has 0 spiro atoms. The number of aromatic nitrogens is 3. The maximum atomic E-state index is 5.89. The number of nitrogens with two attached hydrogens (primary N) is 1. The number of nitrogens with one attached hydrogen (secondary N) is 2. The minimum atomic E-state index is -0.161. The molecule has 1 unspecified atom stereocenters. The van der Waals surface area contributed by atoms with E-state index >= 15 is 0 Å². The van der Waals surface area contributed by atoms with Crippen LogP contribution in [0, 0.1) is 0 Å². The van der Waals surface area contributed by atoms with Gasteiger partial charge in [0.05, 0.1) is 6.04 Å². The lowest BCUT2D eigenvalue weighted by molar-refractivity contribution is 0.802. The van der Waals surface area contributed by atoms with E-state index in [-0.39, 0.29) is 6.04 Å². The molecule has 2 heterocycles. The highest BCUT2D eigenvalue weighted by Crippen LogP contribution is 2.14. The average molecular weight is 162 g/mol. The van der Waals surface area contributed by atoms with Gasteiger partial charge in [-0.3, -0.25) is 0 Å². The van der Waals surface area contributed by atoms with Crippen LogP contribution in [0.1, 0.15) is 17.4 Å². The van der Waals surface area contributed by atoms with Crippen LogP contribution in [0.3, 0.4) is 0 Å². The summed E-state index contributed by atoms with van der Waals surface area (Å²) in [7, 11) is 0. The van der Waals surface area contributed by atoms with E-state index in [1.165, 1.54) is 0 Å². The molecule has 62 valence electrons. The Hall–Kier alpha value is -1.55. The Morgan fingerprint density at radius 2 is 2.33 bits per heavy atom. The first-order chi connectivity index (χ1) is 5.88. The number of rotatable bonds is 2. The van der Waals surface area contributed by atoms with Crippen LogP contribution in [-0.4, -0.2) is 15.0 Å². The molecule has 4 N–H and O–H groups in total. The van der Waals surface area contributed by atoms with Gasteiger partial charge in [0.2, 0.25) is 0 Å². The first-order valence-electron chi connectivity index (χ1n) is 3.75. The molecule has 0 amide bonds. The van der Waals surface area contributed by atoms with E-state index in [0.29, 0.717) is 0 Å². The predicted octanol–water partition coefficient (Wildman–Crippen LogP) is 0.786. The molecule has 2 aromatic rings. The van der Waals surface area contributed by atoms with Gasteiger partial charge in [0.15, 0.2) is 0 Å². The lowest BCUT2D eigenvalue weighted by atomic mass is 10.1. The minimum absolute atomic E-state index is 0.161. The first kappa shape index (κ1) is 7.12. The van der Waals surface area contributed by atoms with E-state index in [2.05, 4.69) is 15.0 Å². The van der Waals surface area contributed by atoms with Gasteiger partial charge >= 0.3 is 0 Å². The van der Waals surface area contributed by atoms with Crippen LogP contribution < -0.4 is 5.73 Å². The molecule has 0 bridgehead atoms. The highest BCUT2D eigenvalue weighted by molar-refractivity contribution is 5.20. The highest BCUT2D eigenvalue weighted by atomic mass is 14.9. The van der Waals surface area contributed by atoms with Crippen molar-refractivity contribution < 1.29 is 0 Å². The Balaban J connectivity index is 2.27. The van der Waals surface area contributed by atoms with E-state index in [9.17, 15) is 0 Å². The summed E-state index contributed by atoms with van der Waals surface area (Å²) in [5, 5.41) is 0. The molecule has 0 radical (unpaired) electrons. The fourth-order valence-electron chi connectivity index (χ4n) is 1.14. The van der Waals surface area contributed by atoms with Crippen molar-refractivity contribution in [3.63, 3.8) is 0 Å².